The molecular formula is C21H22O4. The van der Waals surface area contributed by atoms with Crippen LogP contribution in [0.25, 0.3) is 0 Å². The molecule has 0 heterocycles. The van der Waals surface area contributed by atoms with Crippen molar-refractivity contribution in [1.29, 1.82) is 0 Å². The van der Waals surface area contributed by atoms with Crippen LogP contribution < -0.4 is 0 Å². The van der Waals surface area contributed by atoms with Gasteiger partial charge < -0.3 is 14.6 Å². The van der Waals surface area contributed by atoms with Gasteiger partial charge >= 0.3 is 5.97 Å². The molecule has 0 bridgehead atoms. The van der Waals surface area contributed by atoms with Crippen molar-refractivity contribution < 1.29 is 19.4 Å². The monoisotopic (exact) mass is 338 g/mol. The second-order valence-corrected chi connectivity index (χ2v) is 6.17. The van der Waals surface area contributed by atoms with Crippen LogP contribution in [0.1, 0.15) is 11.1 Å². The summed E-state index contributed by atoms with van der Waals surface area (Å²) in [6.07, 6.45) is 3.31. The zero-order chi connectivity index (χ0) is 17.5. The fraction of sp³-hybridized carbons (Fsp3) is 0.286. The molecule has 0 radical (unpaired) electrons. The lowest BCUT2D eigenvalue weighted by atomic mass is 9.94. The predicted molar refractivity (Wildman–Crippen MR) is 94.9 cm³/mol. The molecular weight excluding hydrogens is 316 g/mol. The van der Waals surface area contributed by atoms with E-state index in [9.17, 15) is 9.90 Å². The molecule has 0 saturated heterocycles. The Morgan fingerprint density at radius 3 is 2.08 bits per heavy atom. The van der Waals surface area contributed by atoms with Crippen molar-refractivity contribution in [3.63, 3.8) is 0 Å². The second-order valence-electron chi connectivity index (χ2n) is 6.17. The maximum absolute atomic E-state index is 11.5. The fourth-order valence-corrected chi connectivity index (χ4v) is 3.02. The van der Waals surface area contributed by atoms with Crippen molar-refractivity contribution in [2.75, 3.05) is 6.61 Å². The minimum atomic E-state index is -0.838. The Kier molecular flexibility index (Phi) is 5.99. The van der Waals surface area contributed by atoms with Crippen molar-refractivity contribution in [3.8, 4) is 0 Å². The predicted octanol–water partition coefficient (Wildman–Crippen LogP) is 3.68. The van der Waals surface area contributed by atoms with Crippen LogP contribution in [0.3, 0.4) is 0 Å². The van der Waals surface area contributed by atoms with Gasteiger partial charge in [0.05, 0.1) is 31.8 Å². The number of carboxylic acids is 1. The molecule has 1 aliphatic rings. The number of ether oxygens (including phenoxy) is 2. The highest BCUT2D eigenvalue weighted by Gasteiger charge is 2.37. The lowest BCUT2D eigenvalue weighted by Gasteiger charge is -2.23. The average Bonchev–Trinajstić information content (AvgIpc) is 3.05. The Labute approximate surface area is 147 Å². The summed E-state index contributed by atoms with van der Waals surface area (Å²) in [5, 5.41) is 9.44. The summed E-state index contributed by atoms with van der Waals surface area (Å²) in [5.41, 5.74) is 2.14. The third-order valence-electron chi connectivity index (χ3n) is 4.38. The summed E-state index contributed by atoms with van der Waals surface area (Å²) in [4.78, 5) is 11.5. The van der Waals surface area contributed by atoms with E-state index in [0.717, 1.165) is 11.1 Å². The first-order valence-electron chi connectivity index (χ1n) is 8.42. The molecule has 1 aliphatic carbocycles. The highest BCUT2D eigenvalue weighted by atomic mass is 16.5. The second kappa shape index (κ2) is 8.60. The summed E-state index contributed by atoms with van der Waals surface area (Å²) in [6, 6.07) is 19.7. The van der Waals surface area contributed by atoms with Gasteiger partial charge in [0.2, 0.25) is 0 Å². The number of benzene rings is 2. The molecule has 0 aromatic heterocycles. The van der Waals surface area contributed by atoms with Crippen molar-refractivity contribution in [2.24, 2.45) is 11.8 Å². The van der Waals surface area contributed by atoms with Gasteiger partial charge in [-0.3, -0.25) is 4.79 Å². The Bertz CT molecular complexity index is 696. The number of carboxylic acid groups (broad SMARTS) is 1. The number of aliphatic carboxylic acids is 1. The van der Waals surface area contributed by atoms with Crippen LogP contribution in [0.5, 0.6) is 0 Å². The normalized spacial score (nSPS) is 22.2. The molecule has 2 aromatic carbocycles. The Balaban J connectivity index is 1.57. The van der Waals surface area contributed by atoms with Gasteiger partial charge in [0.1, 0.15) is 0 Å². The maximum atomic E-state index is 11.5. The summed E-state index contributed by atoms with van der Waals surface area (Å²) < 4.78 is 11.7. The smallest absolute Gasteiger partial charge is 0.310 e. The van der Waals surface area contributed by atoms with Crippen molar-refractivity contribution >= 4 is 5.97 Å². The van der Waals surface area contributed by atoms with Gasteiger partial charge in [0.25, 0.3) is 0 Å². The molecule has 0 spiro atoms. The van der Waals surface area contributed by atoms with Crippen molar-refractivity contribution in [1.82, 2.24) is 0 Å². The van der Waals surface area contributed by atoms with E-state index in [0.29, 0.717) is 19.8 Å². The van der Waals surface area contributed by atoms with Crippen molar-refractivity contribution in [2.45, 2.75) is 19.3 Å². The van der Waals surface area contributed by atoms with Gasteiger partial charge in [-0.05, 0) is 11.1 Å². The fourth-order valence-electron chi connectivity index (χ4n) is 3.02. The van der Waals surface area contributed by atoms with Crippen LogP contribution in [0.15, 0.2) is 72.8 Å². The van der Waals surface area contributed by atoms with E-state index in [1.807, 2.05) is 66.7 Å². The quantitative estimate of drug-likeness (QED) is 0.746. The lowest BCUT2D eigenvalue weighted by Crippen LogP contribution is -2.31. The summed E-state index contributed by atoms with van der Waals surface area (Å²) >= 11 is 0. The first kappa shape index (κ1) is 17.4. The molecule has 1 N–H and O–H groups in total. The van der Waals surface area contributed by atoms with Gasteiger partial charge in [0, 0.05) is 5.92 Å². The van der Waals surface area contributed by atoms with Crippen LogP contribution in [-0.4, -0.2) is 23.8 Å². The van der Waals surface area contributed by atoms with E-state index in [-0.39, 0.29) is 12.0 Å². The van der Waals surface area contributed by atoms with Gasteiger partial charge in [-0.1, -0.05) is 72.8 Å². The zero-order valence-corrected chi connectivity index (χ0v) is 14.0. The Morgan fingerprint density at radius 2 is 1.48 bits per heavy atom. The van der Waals surface area contributed by atoms with Crippen LogP contribution in [-0.2, 0) is 27.5 Å². The van der Waals surface area contributed by atoms with Crippen LogP contribution >= 0.6 is 0 Å². The molecule has 4 nitrogen and oxygen atoms in total. The largest absolute Gasteiger partial charge is 0.481 e. The number of rotatable bonds is 8. The third-order valence-corrected chi connectivity index (χ3v) is 4.38. The Morgan fingerprint density at radius 1 is 0.880 bits per heavy atom. The SMILES string of the molecule is O=C(O)[C@@H]1C=C[C@H](OCc2ccccc2)[C@H]1COCc1ccccc1. The summed E-state index contributed by atoms with van der Waals surface area (Å²) in [5.74, 6) is -1.63. The maximum Gasteiger partial charge on any atom is 0.310 e. The third kappa shape index (κ3) is 4.78. The molecule has 3 rings (SSSR count). The standard InChI is InChI=1S/C21H22O4/c22-21(23)18-11-12-20(25-14-17-9-5-2-6-10-17)19(18)15-24-13-16-7-3-1-4-8-16/h1-12,18-20H,13-15H2,(H,22,23)/t18-,19+,20+/m1/s1. The minimum Gasteiger partial charge on any atom is -0.481 e. The molecule has 0 unspecified atom stereocenters. The highest BCUT2D eigenvalue weighted by molar-refractivity contribution is 5.73. The molecule has 0 saturated carbocycles. The van der Waals surface area contributed by atoms with Crippen LogP contribution in [0, 0.1) is 11.8 Å². The number of hydrogen-bond donors (Lipinski definition) is 1. The Hall–Kier alpha value is -2.43. The molecule has 3 atom stereocenters. The molecule has 0 aliphatic heterocycles. The minimum absolute atomic E-state index is 0.218. The van der Waals surface area contributed by atoms with Gasteiger partial charge in [-0.15, -0.1) is 0 Å². The lowest BCUT2D eigenvalue weighted by molar-refractivity contribution is -0.144. The molecule has 0 amide bonds. The van der Waals surface area contributed by atoms with Crippen LogP contribution in [0.4, 0.5) is 0 Å². The number of hydrogen-bond acceptors (Lipinski definition) is 3. The van der Waals surface area contributed by atoms with E-state index in [1.165, 1.54) is 0 Å². The highest BCUT2D eigenvalue weighted by Crippen LogP contribution is 2.29. The average molecular weight is 338 g/mol. The first-order valence-corrected chi connectivity index (χ1v) is 8.42. The van der Waals surface area contributed by atoms with E-state index < -0.39 is 11.9 Å². The summed E-state index contributed by atoms with van der Waals surface area (Å²) in [6.45, 7) is 1.27. The first-order chi connectivity index (χ1) is 12.2. The van der Waals surface area contributed by atoms with E-state index in [4.69, 9.17) is 9.47 Å². The molecule has 0 fully saturated rings. The molecule has 25 heavy (non-hydrogen) atoms. The zero-order valence-electron chi connectivity index (χ0n) is 14.0. The van der Waals surface area contributed by atoms with Gasteiger partial charge in [-0.25, -0.2) is 0 Å². The van der Waals surface area contributed by atoms with Crippen LogP contribution in [0.2, 0.25) is 0 Å². The topological polar surface area (TPSA) is 55.8 Å². The van der Waals surface area contributed by atoms with Gasteiger partial charge in [0.15, 0.2) is 0 Å². The molecule has 2 aromatic rings. The van der Waals surface area contributed by atoms with E-state index in [2.05, 4.69) is 0 Å². The van der Waals surface area contributed by atoms with Crippen molar-refractivity contribution in [3.05, 3.63) is 83.9 Å². The van der Waals surface area contributed by atoms with Gasteiger partial charge in [-0.2, -0.15) is 0 Å². The number of carbonyl (C=O) groups is 1. The molecule has 4 heteroatoms. The summed E-state index contributed by atoms with van der Waals surface area (Å²) in [7, 11) is 0. The molecule has 130 valence electrons. The van der Waals surface area contributed by atoms with E-state index >= 15 is 0 Å². The van der Waals surface area contributed by atoms with E-state index in [1.54, 1.807) is 6.08 Å².